The Morgan fingerprint density at radius 1 is 1.13 bits per heavy atom. The molecule has 8 heteroatoms. The third-order valence-electron chi connectivity index (χ3n) is 4.43. The van der Waals surface area contributed by atoms with Gasteiger partial charge in [0.15, 0.2) is 5.17 Å². The van der Waals surface area contributed by atoms with Crippen LogP contribution in [0.25, 0.3) is 6.08 Å². The zero-order valence-corrected chi connectivity index (χ0v) is 19.0. The van der Waals surface area contributed by atoms with Gasteiger partial charge in [0.2, 0.25) is 0 Å². The normalized spacial score (nSPS) is 16.7. The molecule has 2 aromatic carbocycles. The van der Waals surface area contributed by atoms with Gasteiger partial charge in [0, 0.05) is 10.0 Å². The average molecular weight is 496 g/mol. The van der Waals surface area contributed by atoms with Gasteiger partial charge in [0.1, 0.15) is 11.5 Å². The van der Waals surface area contributed by atoms with Crippen LogP contribution in [0.5, 0.6) is 5.75 Å². The van der Waals surface area contributed by atoms with E-state index in [0.29, 0.717) is 21.6 Å². The van der Waals surface area contributed by atoms with Gasteiger partial charge < -0.3 is 9.15 Å². The zero-order valence-electron chi connectivity index (χ0n) is 16.6. The summed E-state index contributed by atoms with van der Waals surface area (Å²) in [5.41, 5.74) is 1.72. The fourth-order valence-electron chi connectivity index (χ4n) is 2.90. The fourth-order valence-corrected chi connectivity index (χ4v) is 4.09. The largest absolute Gasteiger partial charge is 0.496 e. The highest BCUT2D eigenvalue weighted by Gasteiger charge is 2.34. The molecule has 0 spiro atoms. The van der Waals surface area contributed by atoms with Crippen molar-refractivity contribution in [1.29, 1.82) is 0 Å². The molecule has 0 unspecified atom stereocenters. The minimum absolute atomic E-state index is 0.162. The second-order valence-electron chi connectivity index (χ2n) is 6.50. The highest BCUT2D eigenvalue weighted by Crippen LogP contribution is 2.35. The molecule has 6 nitrogen and oxygen atoms in total. The lowest BCUT2D eigenvalue weighted by atomic mass is 10.2. The van der Waals surface area contributed by atoms with E-state index < -0.39 is 0 Å². The summed E-state index contributed by atoms with van der Waals surface area (Å²) in [7, 11) is 1.61. The Hall–Kier alpha value is -3.10. The Balaban J connectivity index is 1.63. The number of benzene rings is 2. The third kappa shape index (κ3) is 5.15. The average Bonchev–Trinajstić information content (AvgIpc) is 3.40. The minimum atomic E-state index is -0.162. The first-order valence-corrected chi connectivity index (χ1v) is 11.0. The van der Waals surface area contributed by atoms with Crippen molar-refractivity contribution in [3.63, 3.8) is 0 Å². The first-order valence-electron chi connectivity index (χ1n) is 9.37. The fraction of sp³-hybridized carbons (Fsp3) is 0.0870. The van der Waals surface area contributed by atoms with Gasteiger partial charge in [-0.15, -0.1) is 5.10 Å². The maximum Gasteiger partial charge on any atom is 0.267 e. The molecular weight excluding hydrogens is 478 g/mol. The van der Waals surface area contributed by atoms with E-state index in [4.69, 9.17) is 9.15 Å². The molecule has 0 N–H and O–H groups in total. The predicted molar refractivity (Wildman–Crippen MR) is 127 cm³/mol. The summed E-state index contributed by atoms with van der Waals surface area (Å²) in [6.45, 7) is 0.273. The molecule has 1 amide bonds. The van der Waals surface area contributed by atoms with Crippen molar-refractivity contribution in [2.75, 3.05) is 7.11 Å². The van der Waals surface area contributed by atoms with Crippen LogP contribution in [0.1, 0.15) is 16.9 Å². The number of methoxy groups -OCH3 is 1. The van der Waals surface area contributed by atoms with Crippen LogP contribution < -0.4 is 4.74 Å². The lowest BCUT2D eigenvalue weighted by molar-refractivity contribution is -0.122. The molecule has 1 fully saturated rings. The van der Waals surface area contributed by atoms with Crippen LogP contribution in [0.15, 0.2) is 90.9 Å². The summed E-state index contributed by atoms with van der Waals surface area (Å²) < 4.78 is 11.8. The second kappa shape index (κ2) is 9.80. The van der Waals surface area contributed by atoms with E-state index in [-0.39, 0.29) is 12.5 Å². The quantitative estimate of drug-likeness (QED) is 0.255. The van der Waals surface area contributed by atoms with Crippen molar-refractivity contribution in [2.45, 2.75) is 6.54 Å². The number of para-hydroxylation sites is 1. The number of furan rings is 1. The van der Waals surface area contributed by atoms with Crippen LogP contribution in [-0.2, 0) is 11.3 Å². The molecule has 4 rings (SSSR count). The number of rotatable bonds is 6. The molecular formula is C23H18BrN3O3S. The van der Waals surface area contributed by atoms with E-state index >= 15 is 0 Å². The van der Waals surface area contributed by atoms with Gasteiger partial charge in [-0.2, -0.15) is 5.10 Å². The van der Waals surface area contributed by atoms with Crippen LogP contribution in [0.3, 0.4) is 0 Å². The maximum absolute atomic E-state index is 13.1. The van der Waals surface area contributed by atoms with Gasteiger partial charge in [-0.25, -0.2) is 0 Å². The Morgan fingerprint density at radius 2 is 1.94 bits per heavy atom. The molecule has 0 bridgehead atoms. The minimum Gasteiger partial charge on any atom is -0.496 e. The van der Waals surface area contributed by atoms with Crippen LogP contribution in [0.4, 0.5) is 0 Å². The number of halogens is 1. The molecule has 31 heavy (non-hydrogen) atoms. The summed E-state index contributed by atoms with van der Waals surface area (Å²) in [6.07, 6.45) is 5.04. The van der Waals surface area contributed by atoms with E-state index in [9.17, 15) is 4.79 Å². The van der Waals surface area contributed by atoms with E-state index in [1.807, 2.05) is 60.7 Å². The van der Waals surface area contributed by atoms with Crippen molar-refractivity contribution in [3.8, 4) is 5.75 Å². The van der Waals surface area contributed by atoms with Gasteiger partial charge in [-0.05, 0) is 53.7 Å². The smallest absolute Gasteiger partial charge is 0.267 e. The molecule has 3 aromatic rings. The molecule has 1 aliphatic rings. The molecule has 2 heterocycles. The van der Waals surface area contributed by atoms with E-state index in [1.165, 1.54) is 11.8 Å². The van der Waals surface area contributed by atoms with Crippen LogP contribution >= 0.6 is 27.7 Å². The van der Waals surface area contributed by atoms with E-state index in [1.54, 1.807) is 30.6 Å². The Labute approximate surface area is 192 Å². The number of hydrogen-bond donors (Lipinski definition) is 0. The van der Waals surface area contributed by atoms with Gasteiger partial charge in [-0.1, -0.05) is 46.3 Å². The lowest BCUT2D eigenvalue weighted by Crippen LogP contribution is -2.28. The molecule has 0 atom stereocenters. The standard InChI is InChI=1S/C23H18BrN3O3S/c1-29-20-7-3-2-5-17(20)13-21-22(28)27(15-19-6-4-12-30-19)23(31-21)26-25-14-16-8-10-18(24)11-9-16/h2-14H,15H2,1H3/b21-13-,25-14-,26-23+. The van der Waals surface area contributed by atoms with Gasteiger partial charge in [0.05, 0.1) is 31.0 Å². The molecule has 1 aromatic heterocycles. The molecule has 0 radical (unpaired) electrons. The number of carbonyl (C=O) groups excluding carboxylic acids is 1. The Kier molecular flexibility index (Phi) is 6.69. The zero-order chi connectivity index (χ0) is 21.6. The van der Waals surface area contributed by atoms with Crippen molar-refractivity contribution >= 4 is 51.1 Å². The SMILES string of the molecule is COc1ccccc1/C=C1\S/C(=N/N=C\c2ccc(Br)cc2)N(Cc2ccco2)C1=O. The van der Waals surface area contributed by atoms with E-state index in [2.05, 4.69) is 26.1 Å². The van der Waals surface area contributed by atoms with Gasteiger partial charge in [0.25, 0.3) is 5.91 Å². The van der Waals surface area contributed by atoms with Crippen LogP contribution in [0, 0.1) is 0 Å². The highest BCUT2D eigenvalue weighted by atomic mass is 79.9. The monoisotopic (exact) mass is 495 g/mol. The first kappa shape index (κ1) is 21.1. The van der Waals surface area contributed by atoms with Crippen molar-refractivity contribution in [3.05, 3.63) is 93.2 Å². The van der Waals surface area contributed by atoms with Crippen molar-refractivity contribution in [1.82, 2.24) is 4.90 Å². The number of carbonyl (C=O) groups is 1. The summed E-state index contributed by atoms with van der Waals surface area (Å²) in [6, 6.07) is 18.9. The second-order valence-corrected chi connectivity index (χ2v) is 8.43. The Bertz CT molecular complexity index is 1160. The summed E-state index contributed by atoms with van der Waals surface area (Å²) >= 11 is 4.68. The van der Waals surface area contributed by atoms with Crippen molar-refractivity contribution < 1.29 is 13.9 Å². The topological polar surface area (TPSA) is 67.4 Å². The van der Waals surface area contributed by atoms with Gasteiger partial charge >= 0.3 is 0 Å². The van der Waals surface area contributed by atoms with Gasteiger partial charge in [-0.3, -0.25) is 9.69 Å². The first-order chi connectivity index (χ1) is 15.1. The number of hydrogen-bond acceptors (Lipinski definition) is 6. The molecule has 156 valence electrons. The lowest BCUT2D eigenvalue weighted by Gasteiger charge is -2.12. The van der Waals surface area contributed by atoms with Crippen molar-refractivity contribution in [2.24, 2.45) is 10.2 Å². The van der Waals surface area contributed by atoms with Crippen LogP contribution in [-0.4, -0.2) is 29.3 Å². The summed E-state index contributed by atoms with van der Waals surface area (Å²) in [4.78, 5) is 15.2. The molecule has 0 saturated carbocycles. The Morgan fingerprint density at radius 3 is 2.68 bits per heavy atom. The van der Waals surface area contributed by atoms with Crippen LogP contribution in [0.2, 0.25) is 0 Å². The number of ether oxygens (including phenoxy) is 1. The number of thioether (sulfide) groups is 1. The third-order valence-corrected chi connectivity index (χ3v) is 5.95. The predicted octanol–water partition coefficient (Wildman–Crippen LogP) is 5.56. The summed E-state index contributed by atoms with van der Waals surface area (Å²) in [5.74, 6) is 1.20. The highest BCUT2D eigenvalue weighted by molar-refractivity contribution is 9.10. The molecule has 1 saturated heterocycles. The molecule has 1 aliphatic heterocycles. The van der Waals surface area contributed by atoms with E-state index in [0.717, 1.165) is 15.6 Å². The maximum atomic E-state index is 13.1. The molecule has 0 aliphatic carbocycles. The number of amides is 1. The number of nitrogens with zero attached hydrogens (tertiary/aromatic N) is 3. The summed E-state index contributed by atoms with van der Waals surface area (Å²) in [5, 5.41) is 8.99. The number of amidine groups is 1.